The topological polar surface area (TPSA) is 136 Å². The number of benzene rings is 2. The van der Waals surface area contributed by atoms with Crippen LogP contribution in [0.1, 0.15) is 36.8 Å². The third-order valence-electron chi connectivity index (χ3n) is 6.26. The highest BCUT2D eigenvalue weighted by Gasteiger charge is 2.12. The zero-order valence-corrected chi connectivity index (χ0v) is 25.2. The summed E-state index contributed by atoms with van der Waals surface area (Å²) in [7, 11) is 7.86. The molecule has 2 aromatic carbocycles. The molecule has 0 fully saturated rings. The minimum atomic E-state index is -0.365. The smallest absolute Gasteiger partial charge is 0.337 e. The largest absolute Gasteiger partial charge is 0.394 e. The highest BCUT2D eigenvalue weighted by atomic mass is 16.3. The van der Waals surface area contributed by atoms with Crippen LogP contribution < -0.4 is 20.4 Å². The third-order valence-corrected chi connectivity index (χ3v) is 6.26. The third kappa shape index (κ3) is 12.6. The Bertz CT molecular complexity index is 1030. The summed E-state index contributed by atoms with van der Waals surface area (Å²) in [6, 6.07) is 14.8. The first kappa shape index (κ1) is 34.0. The van der Waals surface area contributed by atoms with Crippen molar-refractivity contribution in [2.24, 2.45) is 10.2 Å². The molecule has 0 heterocycles. The number of rotatable bonds is 17. The van der Waals surface area contributed by atoms with Crippen molar-refractivity contribution in [3.63, 3.8) is 0 Å². The predicted molar refractivity (Wildman–Crippen MR) is 170 cm³/mol. The Morgan fingerprint density at radius 2 is 1.00 bits per heavy atom. The quantitative estimate of drug-likeness (QED) is 0.129. The molecule has 0 spiro atoms. The first-order chi connectivity index (χ1) is 20.2. The lowest BCUT2D eigenvalue weighted by molar-refractivity contribution is 0.179. The van der Waals surface area contributed by atoms with Gasteiger partial charge in [0.05, 0.1) is 38.7 Å². The van der Waals surface area contributed by atoms with Crippen molar-refractivity contribution in [2.45, 2.75) is 25.7 Å². The average molecular weight is 583 g/mol. The lowest BCUT2D eigenvalue weighted by Crippen LogP contribution is -2.39. The lowest BCUT2D eigenvalue weighted by atomic mass is 10.2. The van der Waals surface area contributed by atoms with Crippen LogP contribution in [0.4, 0.5) is 21.0 Å². The van der Waals surface area contributed by atoms with E-state index in [1.165, 1.54) is 10.0 Å². The van der Waals surface area contributed by atoms with E-state index in [1.54, 1.807) is 12.4 Å². The van der Waals surface area contributed by atoms with Gasteiger partial charge in [-0.05, 0) is 48.2 Å². The molecule has 2 aromatic rings. The Morgan fingerprint density at radius 3 is 1.31 bits per heavy atom. The Kier molecular flexibility index (Phi) is 15.4. The maximum atomic E-state index is 12.5. The summed E-state index contributed by atoms with van der Waals surface area (Å²) >= 11 is 0. The van der Waals surface area contributed by atoms with Gasteiger partial charge in [-0.1, -0.05) is 37.1 Å². The maximum Gasteiger partial charge on any atom is 0.337 e. The van der Waals surface area contributed by atoms with E-state index in [0.29, 0.717) is 13.1 Å². The van der Waals surface area contributed by atoms with Crippen LogP contribution in [-0.4, -0.2) is 112 Å². The second-order valence-corrected chi connectivity index (χ2v) is 10.0. The van der Waals surface area contributed by atoms with Crippen molar-refractivity contribution in [1.82, 2.24) is 20.7 Å². The first-order valence-corrected chi connectivity index (χ1v) is 14.2. The zero-order valence-electron chi connectivity index (χ0n) is 25.2. The summed E-state index contributed by atoms with van der Waals surface area (Å²) in [6.45, 7) is 0.765. The van der Waals surface area contributed by atoms with E-state index in [9.17, 15) is 19.8 Å². The van der Waals surface area contributed by atoms with E-state index < -0.39 is 0 Å². The zero-order chi connectivity index (χ0) is 30.7. The Morgan fingerprint density at radius 1 is 0.643 bits per heavy atom. The molecule has 12 heteroatoms. The number of urea groups is 2. The number of aliphatic hydroxyl groups excluding tert-OH is 2. The van der Waals surface area contributed by atoms with Gasteiger partial charge in [-0.3, -0.25) is 0 Å². The maximum absolute atomic E-state index is 12.5. The summed E-state index contributed by atoms with van der Waals surface area (Å²) in [4.78, 5) is 29.0. The molecule has 0 bridgehead atoms. The SMILES string of the molecule is CN(C)c1ccc(/C=N/N(CCO)C(=O)NCCCCCCNC(=O)N(CCO)/N=C/c2ccc(N(C)C)cc2)cc1. The van der Waals surface area contributed by atoms with Crippen molar-refractivity contribution in [3.8, 4) is 0 Å². The van der Waals surface area contributed by atoms with Crippen LogP contribution in [0.3, 0.4) is 0 Å². The molecule has 0 aromatic heterocycles. The number of carbonyl (C=O) groups is 2. The van der Waals surface area contributed by atoms with E-state index in [0.717, 1.165) is 48.2 Å². The molecule has 0 aliphatic rings. The number of anilines is 2. The van der Waals surface area contributed by atoms with E-state index in [4.69, 9.17) is 0 Å². The fourth-order valence-electron chi connectivity index (χ4n) is 3.78. The van der Waals surface area contributed by atoms with Gasteiger partial charge < -0.3 is 30.6 Å². The molecule has 4 N–H and O–H groups in total. The van der Waals surface area contributed by atoms with Gasteiger partial charge in [-0.25, -0.2) is 19.6 Å². The van der Waals surface area contributed by atoms with Crippen molar-refractivity contribution in [1.29, 1.82) is 0 Å². The Hall–Kier alpha value is -4.16. The number of hydrogen-bond donors (Lipinski definition) is 4. The van der Waals surface area contributed by atoms with Crippen LogP contribution in [0.2, 0.25) is 0 Å². The van der Waals surface area contributed by atoms with Gasteiger partial charge in [-0.2, -0.15) is 10.2 Å². The van der Waals surface area contributed by atoms with E-state index in [1.807, 2.05) is 86.5 Å². The highest BCUT2D eigenvalue weighted by Crippen LogP contribution is 2.12. The van der Waals surface area contributed by atoms with Crippen LogP contribution in [0, 0.1) is 0 Å². The molecular formula is C30H46N8O4. The van der Waals surface area contributed by atoms with Gasteiger partial charge in [-0.15, -0.1) is 0 Å². The second kappa shape index (κ2) is 19.1. The monoisotopic (exact) mass is 582 g/mol. The fraction of sp³-hybridized carbons (Fsp3) is 0.467. The number of hydrazone groups is 2. The van der Waals surface area contributed by atoms with Crippen LogP contribution in [0.5, 0.6) is 0 Å². The highest BCUT2D eigenvalue weighted by molar-refractivity contribution is 5.83. The van der Waals surface area contributed by atoms with Gasteiger partial charge in [0.25, 0.3) is 0 Å². The van der Waals surface area contributed by atoms with E-state index >= 15 is 0 Å². The summed E-state index contributed by atoms with van der Waals surface area (Å²) in [5, 5.41) is 35.2. The molecule has 0 atom stereocenters. The molecule has 0 unspecified atom stereocenters. The molecular weight excluding hydrogens is 536 g/mol. The molecule has 0 aliphatic heterocycles. The summed E-state index contributed by atoms with van der Waals surface area (Å²) in [6.07, 6.45) is 6.49. The van der Waals surface area contributed by atoms with Crippen molar-refractivity contribution < 1.29 is 19.8 Å². The standard InChI is InChI=1S/C30H46N8O4/c1-35(2)27-13-9-25(10-14-27)23-33-37(19-21-39)29(41)31-17-7-5-6-8-18-32-30(42)38(20-22-40)34-24-26-11-15-28(16-12-26)36(3)4/h9-16,23-24,39-40H,5-8,17-22H2,1-4H3,(H,31,41)(H,32,42)/b33-23+,34-24+. The van der Waals surface area contributed by atoms with Crippen LogP contribution >= 0.6 is 0 Å². The summed E-state index contributed by atoms with van der Waals surface area (Å²) in [5.74, 6) is 0. The minimum absolute atomic E-state index is 0.0951. The fourth-order valence-corrected chi connectivity index (χ4v) is 3.78. The molecule has 230 valence electrons. The summed E-state index contributed by atoms with van der Waals surface area (Å²) < 4.78 is 0. The molecule has 0 saturated carbocycles. The summed E-state index contributed by atoms with van der Waals surface area (Å²) in [5.41, 5.74) is 3.83. The van der Waals surface area contributed by atoms with Crippen molar-refractivity contribution in [3.05, 3.63) is 59.7 Å². The van der Waals surface area contributed by atoms with Gasteiger partial charge in [0.1, 0.15) is 0 Å². The lowest BCUT2D eigenvalue weighted by Gasteiger charge is -2.17. The van der Waals surface area contributed by atoms with E-state index in [-0.39, 0.29) is 38.4 Å². The van der Waals surface area contributed by atoms with Crippen molar-refractivity contribution >= 4 is 35.9 Å². The Balaban J connectivity index is 1.67. The number of aliphatic hydroxyl groups is 2. The van der Waals surface area contributed by atoms with Gasteiger partial charge in [0.2, 0.25) is 0 Å². The Labute approximate surface area is 249 Å². The minimum Gasteiger partial charge on any atom is -0.394 e. The molecule has 0 saturated heterocycles. The van der Waals surface area contributed by atoms with E-state index in [2.05, 4.69) is 20.8 Å². The number of unbranched alkanes of at least 4 members (excludes halogenated alkanes) is 3. The molecule has 0 aliphatic carbocycles. The molecule has 0 radical (unpaired) electrons. The molecule has 12 nitrogen and oxygen atoms in total. The number of hydrogen-bond acceptors (Lipinski definition) is 8. The first-order valence-electron chi connectivity index (χ1n) is 14.2. The van der Waals surface area contributed by atoms with Gasteiger partial charge in [0.15, 0.2) is 0 Å². The molecule has 42 heavy (non-hydrogen) atoms. The van der Waals surface area contributed by atoms with Crippen LogP contribution in [-0.2, 0) is 0 Å². The molecule has 2 rings (SSSR count). The number of nitrogens with one attached hydrogen (secondary N) is 2. The van der Waals surface area contributed by atoms with Crippen molar-refractivity contribution in [2.75, 3.05) is 77.4 Å². The van der Waals surface area contributed by atoms with Gasteiger partial charge >= 0.3 is 12.1 Å². The second-order valence-electron chi connectivity index (χ2n) is 10.0. The number of carbonyl (C=O) groups excluding carboxylic acids is 2. The molecule has 4 amide bonds. The normalized spacial score (nSPS) is 11.1. The van der Waals surface area contributed by atoms with Crippen LogP contribution in [0.25, 0.3) is 0 Å². The van der Waals surface area contributed by atoms with Crippen LogP contribution in [0.15, 0.2) is 58.7 Å². The average Bonchev–Trinajstić information content (AvgIpc) is 2.98. The number of amides is 4. The number of nitrogens with zero attached hydrogens (tertiary/aromatic N) is 6. The predicted octanol–water partition coefficient (Wildman–Crippen LogP) is 2.75. The van der Waals surface area contributed by atoms with Gasteiger partial charge in [0, 0.05) is 52.7 Å².